The number of benzene rings is 3. The number of para-hydroxylation sites is 1. The zero-order valence-electron chi connectivity index (χ0n) is 24.3. The van der Waals surface area contributed by atoms with Crippen molar-refractivity contribution in [3.05, 3.63) is 71.8 Å². The Hall–Kier alpha value is -3.87. The zero-order chi connectivity index (χ0) is 30.0. The van der Waals surface area contributed by atoms with Gasteiger partial charge in [0.2, 0.25) is 0 Å². The smallest absolute Gasteiger partial charge is 0.264 e. The molecule has 3 heterocycles. The molecule has 0 atom stereocenters. The minimum Gasteiger partial charge on any atom is -0.493 e. The lowest BCUT2D eigenvalue weighted by molar-refractivity contribution is 0.0947. The number of nitrogens with one attached hydrogen (secondary N) is 1. The number of amides is 1. The number of anilines is 2. The first-order valence-electron chi connectivity index (χ1n) is 14.4. The van der Waals surface area contributed by atoms with Crippen molar-refractivity contribution in [3.63, 3.8) is 0 Å². The van der Waals surface area contributed by atoms with E-state index in [1.165, 1.54) is 16.4 Å². The molecule has 1 fully saturated rings. The van der Waals surface area contributed by atoms with Gasteiger partial charge in [0, 0.05) is 51.4 Å². The lowest BCUT2D eigenvalue weighted by Crippen LogP contribution is -2.48. The van der Waals surface area contributed by atoms with E-state index in [-0.39, 0.29) is 10.8 Å². The first-order chi connectivity index (χ1) is 20.9. The van der Waals surface area contributed by atoms with Crippen LogP contribution >= 0.6 is 11.3 Å². The maximum absolute atomic E-state index is 13.4. The fraction of sp³-hybridized carbons (Fsp3) is 0.355. The SMILES string of the molecule is COc1ccc2sc(N3CCN(CCNC(=O)c4ccc(S(=O)(=O)N5CCCc6ccccc65)cc4)CC3)nc2c1OC. The number of carbonyl (C=O) groups is 1. The number of aryl methyl sites for hydroxylation is 1. The number of hydrogen-bond acceptors (Lipinski definition) is 9. The van der Waals surface area contributed by atoms with E-state index in [4.69, 9.17) is 14.5 Å². The topological polar surface area (TPSA) is 104 Å². The van der Waals surface area contributed by atoms with Crippen LogP contribution in [0.5, 0.6) is 11.5 Å². The summed E-state index contributed by atoms with van der Waals surface area (Å²) in [5, 5.41) is 3.94. The molecule has 4 aromatic rings. The Morgan fingerprint density at radius 3 is 2.47 bits per heavy atom. The number of fused-ring (bicyclic) bond motifs is 2. The van der Waals surface area contributed by atoms with Gasteiger partial charge in [-0.1, -0.05) is 29.5 Å². The van der Waals surface area contributed by atoms with Crippen LogP contribution in [0.25, 0.3) is 10.2 Å². The van der Waals surface area contributed by atoms with Gasteiger partial charge in [0.15, 0.2) is 16.6 Å². The fourth-order valence-corrected chi connectivity index (χ4v) is 8.24. The summed E-state index contributed by atoms with van der Waals surface area (Å²) in [5.41, 5.74) is 3.02. The molecular formula is C31H35N5O5S2. The summed E-state index contributed by atoms with van der Waals surface area (Å²) in [5.74, 6) is 1.11. The molecule has 43 heavy (non-hydrogen) atoms. The van der Waals surface area contributed by atoms with E-state index in [0.717, 1.165) is 72.2 Å². The van der Waals surface area contributed by atoms with Crippen LogP contribution in [-0.4, -0.2) is 84.2 Å². The highest BCUT2D eigenvalue weighted by atomic mass is 32.2. The Kier molecular flexibility index (Phi) is 8.42. The molecule has 6 rings (SSSR count). The number of rotatable bonds is 9. The molecule has 3 aromatic carbocycles. The standard InChI is InChI=1S/C31H35N5O5S2/c1-40-26-13-14-27-28(29(26)41-2)33-31(42-27)35-20-18-34(19-21-35)17-15-32-30(37)23-9-11-24(12-10-23)43(38,39)36-16-5-7-22-6-3-4-8-25(22)36/h3-4,6,8-14H,5,7,15-21H2,1-2H3,(H,32,37). The first-order valence-corrected chi connectivity index (χ1v) is 16.6. The number of methoxy groups -OCH3 is 2. The summed E-state index contributed by atoms with van der Waals surface area (Å²) in [6.07, 6.45) is 1.64. The minimum atomic E-state index is -3.71. The highest BCUT2D eigenvalue weighted by Crippen LogP contribution is 2.40. The van der Waals surface area contributed by atoms with E-state index < -0.39 is 10.0 Å². The van der Waals surface area contributed by atoms with Gasteiger partial charge in [-0.2, -0.15) is 0 Å². The number of hydrogen-bond donors (Lipinski definition) is 1. The van der Waals surface area contributed by atoms with Gasteiger partial charge in [-0.3, -0.25) is 14.0 Å². The number of ether oxygens (including phenoxy) is 2. The maximum atomic E-state index is 13.4. The van der Waals surface area contributed by atoms with Crippen LogP contribution in [0.2, 0.25) is 0 Å². The molecular weight excluding hydrogens is 587 g/mol. The predicted molar refractivity (Wildman–Crippen MR) is 169 cm³/mol. The highest BCUT2D eigenvalue weighted by molar-refractivity contribution is 7.92. The van der Waals surface area contributed by atoms with Crippen LogP contribution in [0.15, 0.2) is 65.6 Å². The van der Waals surface area contributed by atoms with E-state index >= 15 is 0 Å². The van der Waals surface area contributed by atoms with Crippen molar-refractivity contribution >= 4 is 48.3 Å². The Morgan fingerprint density at radius 2 is 1.72 bits per heavy atom. The van der Waals surface area contributed by atoms with Crippen LogP contribution in [0.4, 0.5) is 10.8 Å². The summed E-state index contributed by atoms with van der Waals surface area (Å²) in [7, 11) is -0.463. The van der Waals surface area contributed by atoms with Crippen molar-refractivity contribution in [2.75, 3.05) is 69.2 Å². The van der Waals surface area contributed by atoms with Gasteiger partial charge >= 0.3 is 0 Å². The average molecular weight is 622 g/mol. The van der Waals surface area contributed by atoms with Gasteiger partial charge in [0.1, 0.15) is 5.52 Å². The molecule has 1 N–H and O–H groups in total. The largest absolute Gasteiger partial charge is 0.493 e. The molecule has 226 valence electrons. The number of sulfonamides is 1. The molecule has 2 aliphatic rings. The lowest BCUT2D eigenvalue weighted by atomic mass is 10.0. The molecule has 0 saturated carbocycles. The normalized spacial score (nSPS) is 15.8. The number of nitrogens with zero attached hydrogens (tertiary/aromatic N) is 4. The Morgan fingerprint density at radius 1 is 0.953 bits per heavy atom. The third kappa shape index (κ3) is 5.86. The van der Waals surface area contributed by atoms with Crippen molar-refractivity contribution in [2.45, 2.75) is 17.7 Å². The second-order valence-electron chi connectivity index (χ2n) is 10.6. The molecule has 1 amide bonds. The molecule has 2 aliphatic heterocycles. The number of carbonyl (C=O) groups excluding carboxylic acids is 1. The van der Waals surface area contributed by atoms with Gasteiger partial charge in [-0.15, -0.1) is 0 Å². The molecule has 0 radical (unpaired) electrons. The molecule has 0 aliphatic carbocycles. The third-order valence-electron chi connectivity index (χ3n) is 8.02. The van der Waals surface area contributed by atoms with E-state index in [1.807, 2.05) is 36.4 Å². The van der Waals surface area contributed by atoms with Crippen LogP contribution in [0.3, 0.4) is 0 Å². The second-order valence-corrected chi connectivity index (χ2v) is 13.4. The van der Waals surface area contributed by atoms with Crippen LogP contribution < -0.4 is 24.0 Å². The van der Waals surface area contributed by atoms with Crippen molar-refractivity contribution in [3.8, 4) is 11.5 Å². The maximum Gasteiger partial charge on any atom is 0.264 e. The number of aromatic nitrogens is 1. The Balaban J connectivity index is 1.00. The number of piperazine rings is 1. The van der Waals surface area contributed by atoms with Gasteiger partial charge in [0.25, 0.3) is 15.9 Å². The van der Waals surface area contributed by atoms with Crippen molar-refractivity contribution in [1.82, 2.24) is 15.2 Å². The van der Waals surface area contributed by atoms with E-state index in [0.29, 0.717) is 30.2 Å². The minimum absolute atomic E-state index is 0.185. The summed E-state index contributed by atoms with van der Waals surface area (Å²) >= 11 is 1.64. The molecule has 10 nitrogen and oxygen atoms in total. The zero-order valence-corrected chi connectivity index (χ0v) is 25.9. The van der Waals surface area contributed by atoms with Gasteiger partial charge in [-0.25, -0.2) is 13.4 Å². The monoisotopic (exact) mass is 621 g/mol. The molecule has 0 unspecified atom stereocenters. The predicted octanol–water partition coefficient (Wildman–Crippen LogP) is 4.01. The van der Waals surface area contributed by atoms with E-state index in [2.05, 4.69) is 15.1 Å². The quantitative estimate of drug-likeness (QED) is 0.299. The summed E-state index contributed by atoms with van der Waals surface area (Å²) in [4.78, 5) is 22.4. The van der Waals surface area contributed by atoms with Crippen LogP contribution in [0, 0.1) is 0 Å². The second kappa shape index (κ2) is 12.4. The lowest BCUT2D eigenvalue weighted by Gasteiger charge is -2.34. The fourth-order valence-electron chi connectivity index (χ4n) is 5.68. The van der Waals surface area contributed by atoms with Gasteiger partial charge < -0.3 is 19.7 Å². The van der Waals surface area contributed by atoms with Crippen LogP contribution in [0.1, 0.15) is 22.3 Å². The van der Waals surface area contributed by atoms with E-state index in [9.17, 15) is 13.2 Å². The highest BCUT2D eigenvalue weighted by Gasteiger charge is 2.29. The van der Waals surface area contributed by atoms with Crippen LogP contribution in [-0.2, 0) is 16.4 Å². The van der Waals surface area contributed by atoms with Crippen molar-refractivity contribution < 1.29 is 22.7 Å². The van der Waals surface area contributed by atoms with Gasteiger partial charge in [-0.05, 0) is 60.9 Å². The number of thiazole rings is 1. The first kappa shape index (κ1) is 29.2. The van der Waals surface area contributed by atoms with E-state index in [1.54, 1.807) is 37.7 Å². The molecule has 0 bridgehead atoms. The third-order valence-corrected chi connectivity index (χ3v) is 10.9. The Bertz CT molecular complexity index is 1720. The average Bonchev–Trinajstić information content (AvgIpc) is 3.49. The Labute approximate surface area is 255 Å². The molecule has 1 saturated heterocycles. The summed E-state index contributed by atoms with van der Waals surface area (Å²) < 4.78 is 40.3. The van der Waals surface area contributed by atoms with Crippen molar-refractivity contribution in [1.29, 1.82) is 0 Å². The van der Waals surface area contributed by atoms with Gasteiger partial charge in [0.05, 0.1) is 29.5 Å². The summed E-state index contributed by atoms with van der Waals surface area (Å²) in [6, 6.07) is 17.7. The summed E-state index contributed by atoms with van der Waals surface area (Å²) in [6.45, 7) is 5.07. The molecule has 1 aromatic heterocycles. The molecule has 0 spiro atoms. The van der Waals surface area contributed by atoms with Crippen molar-refractivity contribution in [2.24, 2.45) is 0 Å². The molecule has 12 heteroatoms.